The Morgan fingerprint density at radius 1 is 0.246 bits per heavy atom. The summed E-state index contributed by atoms with van der Waals surface area (Å²) in [7, 11) is 2.36. The van der Waals surface area contributed by atoms with Crippen LogP contribution < -0.4 is 0 Å². The number of methoxy groups -OCH3 is 2. The molecule has 6 fully saturated rings. The van der Waals surface area contributed by atoms with Crippen LogP contribution in [0, 0.1) is 0 Å². The number of ether oxygens (including phenoxy) is 13. The summed E-state index contributed by atoms with van der Waals surface area (Å²) in [5, 5.41) is 192. The number of aliphatic hydroxyl groups excluding tert-OH is 18. The molecule has 0 aromatic heterocycles. The van der Waals surface area contributed by atoms with Gasteiger partial charge in [0.1, 0.15) is 146 Å². The number of hydrogen-bond acceptors (Lipinski definition) is 31. The molecule has 0 aromatic rings. The Balaban J connectivity index is 1.07. The third kappa shape index (κ3) is 11.7. The molecule has 0 aliphatic carbocycles. The van der Waals surface area contributed by atoms with Gasteiger partial charge in [-0.1, -0.05) is 0 Å². The molecule has 0 bridgehead atoms. The maximum absolute atomic E-state index is 11.2. The number of aliphatic hydroxyl groups is 18. The van der Waals surface area contributed by atoms with Crippen LogP contribution in [0.25, 0.3) is 0 Å². The van der Waals surface area contributed by atoms with Crippen molar-refractivity contribution in [2.24, 2.45) is 0 Å². The average molecular weight is 1020 g/mol. The minimum atomic E-state index is -2.16. The zero-order chi connectivity index (χ0) is 50.8. The van der Waals surface area contributed by atoms with Crippen LogP contribution in [0.1, 0.15) is 0 Å². The summed E-state index contributed by atoms with van der Waals surface area (Å²) in [5.74, 6) is 0. The fourth-order valence-corrected chi connectivity index (χ4v) is 8.98. The van der Waals surface area contributed by atoms with Crippen molar-refractivity contribution in [3.63, 3.8) is 0 Å². The van der Waals surface area contributed by atoms with Gasteiger partial charge in [0.2, 0.25) is 0 Å². The van der Waals surface area contributed by atoms with Gasteiger partial charge in [0.15, 0.2) is 37.7 Å². The van der Waals surface area contributed by atoms with Crippen molar-refractivity contribution in [1.82, 2.24) is 0 Å². The van der Waals surface area contributed by atoms with Gasteiger partial charge >= 0.3 is 0 Å². The second kappa shape index (κ2) is 24.9. The largest absolute Gasteiger partial charge is 0.394 e. The lowest BCUT2D eigenvalue weighted by atomic mass is 9.95. The van der Waals surface area contributed by atoms with Crippen molar-refractivity contribution in [3.05, 3.63) is 0 Å². The third-order valence-electron chi connectivity index (χ3n) is 12.9. The van der Waals surface area contributed by atoms with Crippen LogP contribution in [0.15, 0.2) is 0 Å². The Hall–Kier alpha value is -1.24. The highest BCUT2D eigenvalue weighted by Crippen LogP contribution is 2.37. The minimum absolute atomic E-state index is 0.691. The van der Waals surface area contributed by atoms with Crippen LogP contribution >= 0.6 is 0 Å². The molecule has 0 aromatic carbocycles. The van der Waals surface area contributed by atoms with Gasteiger partial charge in [-0.3, -0.25) is 0 Å². The molecule has 31 heteroatoms. The molecule has 18 N–H and O–H groups in total. The molecule has 0 spiro atoms. The van der Waals surface area contributed by atoms with Crippen molar-refractivity contribution >= 4 is 0 Å². The van der Waals surface area contributed by atoms with E-state index in [2.05, 4.69) is 0 Å². The maximum atomic E-state index is 11.2. The van der Waals surface area contributed by atoms with Crippen molar-refractivity contribution in [2.45, 2.75) is 184 Å². The van der Waals surface area contributed by atoms with E-state index in [0.717, 1.165) is 0 Å². The van der Waals surface area contributed by atoms with Crippen LogP contribution in [0.4, 0.5) is 0 Å². The Morgan fingerprint density at radius 3 is 0.609 bits per heavy atom. The van der Waals surface area contributed by atoms with E-state index in [1.54, 1.807) is 0 Å². The van der Waals surface area contributed by atoms with E-state index in [0.29, 0.717) is 0 Å². The van der Waals surface area contributed by atoms with E-state index in [4.69, 9.17) is 61.6 Å². The van der Waals surface area contributed by atoms with E-state index in [1.165, 1.54) is 14.2 Å². The molecule has 6 aliphatic heterocycles. The molecule has 0 saturated carbocycles. The summed E-state index contributed by atoms with van der Waals surface area (Å²) in [6.45, 7) is -5.36. The summed E-state index contributed by atoms with van der Waals surface area (Å²) >= 11 is 0. The molecule has 0 amide bonds. The predicted molar refractivity (Wildman–Crippen MR) is 209 cm³/mol. The van der Waals surface area contributed by atoms with Crippen molar-refractivity contribution < 1.29 is 153 Å². The van der Waals surface area contributed by atoms with Gasteiger partial charge in [-0.2, -0.15) is 0 Å². The van der Waals surface area contributed by atoms with Crippen LogP contribution in [0.5, 0.6) is 0 Å². The normalized spacial score (nSPS) is 52.2. The van der Waals surface area contributed by atoms with E-state index in [1.807, 2.05) is 0 Å². The molecule has 69 heavy (non-hydrogen) atoms. The van der Waals surface area contributed by atoms with E-state index < -0.39 is 224 Å². The molecule has 6 saturated heterocycles. The minimum Gasteiger partial charge on any atom is -0.394 e. The van der Waals surface area contributed by atoms with Crippen molar-refractivity contribution in [3.8, 4) is 0 Å². The lowest BCUT2D eigenvalue weighted by molar-refractivity contribution is -0.396. The van der Waals surface area contributed by atoms with Gasteiger partial charge in [0.25, 0.3) is 0 Å². The first-order valence-corrected chi connectivity index (χ1v) is 21.9. The van der Waals surface area contributed by atoms with Crippen LogP contribution in [-0.4, -0.2) is 330 Å². The lowest BCUT2D eigenvalue weighted by Gasteiger charge is -2.50. The van der Waals surface area contributed by atoms with Gasteiger partial charge < -0.3 is 153 Å². The Morgan fingerprint density at radius 2 is 0.420 bits per heavy atom. The highest BCUT2D eigenvalue weighted by Gasteiger charge is 2.57. The summed E-state index contributed by atoms with van der Waals surface area (Å²) in [6.07, 6.45) is -53.6. The van der Waals surface area contributed by atoms with Crippen LogP contribution in [-0.2, 0) is 61.6 Å². The molecular formula is C38H66O31. The molecule has 0 radical (unpaired) electrons. The van der Waals surface area contributed by atoms with Gasteiger partial charge in [-0.15, -0.1) is 0 Å². The quantitative estimate of drug-likeness (QED) is 0.0606. The van der Waals surface area contributed by atoms with Crippen molar-refractivity contribution in [2.75, 3.05) is 53.9 Å². The second-order valence-electron chi connectivity index (χ2n) is 17.2. The maximum Gasteiger partial charge on any atom is 0.187 e. The summed E-state index contributed by atoms with van der Waals surface area (Å²) in [6, 6.07) is 0. The highest BCUT2D eigenvalue weighted by atomic mass is 16.8. The van der Waals surface area contributed by atoms with E-state index >= 15 is 0 Å². The molecule has 31 nitrogen and oxygen atoms in total. The molecule has 30 unspecified atom stereocenters. The monoisotopic (exact) mass is 1020 g/mol. The van der Waals surface area contributed by atoms with Gasteiger partial charge in [0.05, 0.1) is 39.6 Å². The first-order chi connectivity index (χ1) is 32.8. The van der Waals surface area contributed by atoms with Crippen LogP contribution in [0.2, 0.25) is 0 Å². The highest BCUT2D eigenvalue weighted by molar-refractivity contribution is 5.00. The zero-order valence-electron chi connectivity index (χ0n) is 36.9. The lowest BCUT2D eigenvalue weighted by Crippen LogP contribution is -2.68. The Kier molecular flexibility index (Phi) is 20.6. The van der Waals surface area contributed by atoms with Gasteiger partial charge in [-0.05, 0) is 0 Å². The summed E-state index contributed by atoms with van der Waals surface area (Å²) in [4.78, 5) is 0. The SMILES string of the molecule is COC1OC(CO)C(OC2OC(CO)C(OC3OC(CO)C(OC4OC(CO)C(OC5OC(CO)C(OC6OC(CO)C(OC)C(O)C6O)C(O)C5O)C(O)C4O)C(O)C3O)C(O)C2O)C(O)C1O. The van der Waals surface area contributed by atoms with Gasteiger partial charge in [0, 0.05) is 14.2 Å². The molecule has 6 rings (SSSR count). The van der Waals surface area contributed by atoms with E-state index in [-0.39, 0.29) is 0 Å². The second-order valence-corrected chi connectivity index (χ2v) is 17.2. The summed E-state index contributed by atoms with van der Waals surface area (Å²) < 4.78 is 71.6. The van der Waals surface area contributed by atoms with E-state index in [9.17, 15) is 91.9 Å². The number of rotatable bonds is 18. The topological polar surface area (TPSA) is 484 Å². The van der Waals surface area contributed by atoms with Gasteiger partial charge in [-0.25, -0.2) is 0 Å². The molecule has 404 valence electrons. The van der Waals surface area contributed by atoms with Crippen LogP contribution in [0.3, 0.4) is 0 Å². The Labute approximate surface area is 391 Å². The molecule has 6 heterocycles. The number of hydrogen-bond donors (Lipinski definition) is 18. The smallest absolute Gasteiger partial charge is 0.187 e. The predicted octanol–water partition coefficient (Wildman–Crippen LogP) is -12.8. The first-order valence-electron chi connectivity index (χ1n) is 21.9. The third-order valence-corrected chi connectivity index (χ3v) is 12.9. The average Bonchev–Trinajstić information content (AvgIpc) is 3.35. The molecule has 6 aliphatic rings. The Bertz CT molecular complexity index is 1530. The zero-order valence-corrected chi connectivity index (χ0v) is 36.9. The first kappa shape index (κ1) is 57.0. The molecule has 30 atom stereocenters. The summed E-state index contributed by atoms with van der Waals surface area (Å²) in [5.41, 5.74) is 0. The van der Waals surface area contributed by atoms with Crippen molar-refractivity contribution in [1.29, 1.82) is 0 Å². The standard InChI is InChI=1S/C38H66O31/c1-57-27-9(3-39)60-34(22(52)15(27)45)66-29-11(5-41)62-36(24(54)17(29)47)68-31-13(7-43)64-38(26(56)19(31)49)69-32-14(8-44)63-37(25(55)20(32)50)67-30-12(6-42)61-35(23(53)18(30)48)65-28-10(4-40)59-33(58-2)21(51)16(28)46/h9-56H,3-8H2,1-2H3. The molecular weight excluding hydrogens is 952 g/mol. The fourth-order valence-electron chi connectivity index (χ4n) is 8.98. The fraction of sp³-hybridized carbons (Fsp3) is 1.00.